The third-order valence-electron chi connectivity index (χ3n) is 2.75. The number of aromatic carboxylic acids is 1. The number of carboxylic acids is 1. The van der Waals surface area contributed by atoms with Gasteiger partial charge in [-0.15, -0.1) is 10.2 Å². The molecule has 0 radical (unpaired) electrons. The van der Waals surface area contributed by atoms with E-state index in [1.54, 1.807) is 0 Å². The lowest BCUT2D eigenvalue weighted by atomic mass is 9.98. The molecule has 0 aliphatic carbocycles. The summed E-state index contributed by atoms with van der Waals surface area (Å²) in [5.41, 5.74) is 0.123. The van der Waals surface area contributed by atoms with Gasteiger partial charge in [0.1, 0.15) is 15.7 Å². The number of carbonyl (C=O) groups is 2. The second-order valence-electron chi connectivity index (χ2n) is 5.67. The minimum Gasteiger partial charge on any atom is -0.477 e. The lowest BCUT2D eigenvalue weighted by molar-refractivity contribution is 0.0689. The molecule has 0 fully saturated rings. The Kier molecular flexibility index (Phi) is 4.51. The van der Waals surface area contributed by atoms with Gasteiger partial charge in [-0.25, -0.2) is 9.78 Å². The topological polar surface area (TPSA) is 105 Å². The Morgan fingerprint density at radius 2 is 2.00 bits per heavy atom. The number of amides is 1. The highest BCUT2D eigenvalue weighted by Crippen LogP contribution is 2.25. The van der Waals surface area contributed by atoms with Gasteiger partial charge in [0.2, 0.25) is 0 Å². The molecule has 2 heterocycles. The number of nitrogens with one attached hydrogen (secondary N) is 1. The Labute approximate surface area is 131 Å². The van der Waals surface area contributed by atoms with Gasteiger partial charge in [0.05, 0.1) is 12.1 Å². The third kappa shape index (κ3) is 3.85. The van der Waals surface area contributed by atoms with E-state index in [0.717, 1.165) is 5.01 Å². The first-order chi connectivity index (χ1) is 10.3. The molecule has 0 unspecified atom stereocenters. The molecule has 0 spiro atoms. The highest BCUT2D eigenvalue weighted by atomic mass is 32.1. The van der Waals surface area contributed by atoms with Crippen molar-refractivity contribution >= 4 is 23.2 Å². The Balaban J connectivity index is 1.98. The highest BCUT2D eigenvalue weighted by Gasteiger charge is 2.19. The standard InChI is InChI=1S/C14H16N4O3S/c1-14(2,3)13-18-17-10(22-13)7-16-11(19)8-4-5-9(12(20)21)15-6-8/h4-6H,7H2,1-3H3,(H,16,19)(H,20,21). The summed E-state index contributed by atoms with van der Waals surface area (Å²) in [5, 5.41) is 21.2. The maximum Gasteiger partial charge on any atom is 0.354 e. The fourth-order valence-electron chi connectivity index (χ4n) is 1.54. The van der Waals surface area contributed by atoms with Gasteiger partial charge in [0.15, 0.2) is 0 Å². The van der Waals surface area contributed by atoms with E-state index in [9.17, 15) is 9.59 Å². The predicted molar refractivity (Wildman–Crippen MR) is 81.0 cm³/mol. The van der Waals surface area contributed by atoms with Crippen LogP contribution in [0.1, 0.15) is 51.6 Å². The third-order valence-corrected chi connectivity index (χ3v) is 4.10. The molecule has 0 saturated carbocycles. The Morgan fingerprint density at radius 1 is 1.27 bits per heavy atom. The van der Waals surface area contributed by atoms with Crippen molar-refractivity contribution < 1.29 is 14.7 Å². The van der Waals surface area contributed by atoms with E-state index in [0.29, 0.717) is 10.6 Å². The van der Waals surface area contributed by atoms with Crippen molar-refractivity contribution in [3.05, 3.63) is 39.6 Å². The van der Waals surface area contributed by atoms with Gasteiger partial charge in [0.25, 0.3) is 5.91 Å². The maximum absolute atomic E-state index is 12.0. The number of pyridine rings is 1. The van der Waals surface area contributed by atoms with Crippen LogP contribution in [0.25, 0.3) is 0 Å². The minimum atomic E-state index is -1.13. The van der Waals surface area contributed by atoms with Crippen LogP contribution >= 0.6 is 11.3 Å². The lowest BCUT2D eigenvalue weighted by Gasteiger charge is -2.12. The van der Waals surface area contributed by atoms with Crippen molar-refractivity contribution in [3.8, 4) is 0 Å². The van der Waals surface area contributed by atoms with Crippen LogP contribution in [0.15, 0.2) is 18.3 Å². The van der Waals surface area contributed by atoms with Crippen molar-refractivity contribution in [2.75, 3.05) is 0 Å². The molecule has 22 heavy (non-hydrogen) atoms. The zero-order valence-corrected chi connectivity index (χ0v) is 13.3. The number of carboxylic acid groups (broad SMARTS) is 1. The van der Waals surface area contributed by atoms with Crippen LogP contribution in [0.3, 0.4) is 0 Å². The molecule has 1 amide bonds. The van der Waals surface area contributed by atoms with Crippen LogP contribution < -0.4 is 5.32 Å². The summed E-state index contributed by atoms with van der Waals surface area (Å²) in [5.74, 6) is -1.47. The van der Waals surface area contributed by atoms with Gasteiger partial charge in [0, 0.05) is 11.6 Å². The molecule has 2 rings (SSSR count). The average molecular weight is 320 g/mol. The monoisotopic (exact) mass is 320 g/mol. The van der Waals surface area contributed by atoms with Gasteiger partial charge in [-0.3, -0.25) is 4.79 Å². The predicted octanol–water partition coefficient (Wildman–Crippen LogP) is 1.86. The van der Waals surface area contributed by atoms with Gasteiger partial charge >= 0.3 is 5.97 Å². The minimum absolute atomic E-state index is 0.0729. The summed E-state index contributed by atoms with van der Waals surface area (Å²) >= 11 is 1.45. The first-order valence-corrected chi connectivity index (χ1v) is 7.39. The molecule has 0 atom stereocenters. The zero-order valence-electron chi connectivity index (χ0n) is 12.5. The van der Waals surface area contributed by atoms with E-state index in [1.807, 2.05) is 20.8 Å². The van der Waals surface area contributed by atoms with Crippen LogP contribution in [0.2, 0.25) is 0 Å². The Hall–Kier alpha value is -2.35. The van der Waals surface area contributed by atoms with E-state index in [1.165, 1.54) is 29.7 Å². The number of hydrogen-bond acceptors (Lipinski definition) is 6. The lowest BCUT2D eigenvalue weighted by Crippen LogP contribution is -2.23. The van der Waals surface area contributed by atoms with Crippen molar-refractivity contribution in [2.24, 2.45) is 0 Å². The number of aromatic nitrogens is 3. The second-order valence-corrected chi connectivity index (χ2v) is 6.73. The molecule has 7 nitrogen and oxygen atoms in total. The average Bonchev–Trinajstić information content (AvgIpc) is 2.94. The van der Waals surface area contributed by atoms with Crippen molar-refractivity contribution in [1.82, 2.24) is 20.5 Å². The molecule has 8 heteroatoms. The summed E-state index contributed by atoms with van der Waals surface area (Å²) in [6.07, 6.45) is 1.24. The summed E-state index contributed by atoms with van der Waals surface area (Å²) < 4.78 is 0. The Bertz CT molecular complexity index is 689. The SMILES string of the molecule is CC(C)(C)c1nnc(CNC(=O)c2ccc(C(=O)O)nc2)s1. The van der Waals surface area contributed by atoms with Crippen molar-refractivity contribution in [3.63, 3.8) is 0 Å². The van der Waals surface area contributed by atoms with Crippen LogP contribution in [-0.4, -0.2) is 32.2 Å². The first kappa shape index (κ1) is 16.0. The molecule has 116 valence electrons. The smallest absolute Gasteiger partial charge is 0.354 e. The van der Waals surface area contributed by atoms with Crippen LogP contribution in [0.5, 0.6) is 0 Å². The fourth-order valence-corrected chi connectivity index (χ4v) is 2.38. The van der Waals surface area contributed by atoms with E-state index in [2.05, 4.69) is 20.5 Å². The second kappa shape index (κ2) is 6.18. The van der Waals surface area contributed by atoms with Crippen LogP contribution in [0.4, 0.5) is 0 Å². The van der Waals surface area contributed by atoms with Crippen LogP contribution in [0, 0.1) is 0 Å². The fraction of sp³-hybridized carbons (Fsp3) is 0.357. The number of nitrogens with zero attached hydrogens (tertiary/aromatic N) is 3. The van der Waals surface area contributed by atoms with E-state index < -0.39 is 5.97 Å². The summed E-state index contributed by atoms with van der Waals surface area (Å²) in [7, 11) is 0. The number of hydrogen-bond donors (Lipinski definition) is 2. The van der Waals surface area contributed by atoms with Gasteiger partial charge in [-0.05, 0) is 12.1 Å². The molecule has 0 aromatic carbocycles. The quantitative estimate of drug-likeness (QED) is 0.891. The molecule has 2 N–H and O–H groups in total. The molecule has 0 aliphatic heterocycles. The summed E-state index contributed by atoms with van der Waals surface area (Å²) in [6.45, 7) is 6.41. The number of rotatable bonds is 4. The van der Waals surface area contributed by atoms with Crippen LogP contribution in [-0.2, 0) is 12.0 Å². The summed E-state index contributed by atoms with van der Waals surface area (Å²) in [6, 6.07) is 2.71. The van der Waals surface area contributed by atoms with E-state index in [-0.39, 0.29) is 23.6 Å². The molecule has 2 aromatic rings. The molecule has 0 aliphatic rings. The highest BCUT2D eigenvalue weighted by molar-refractivity contribution is 7.11. The van der Waals surface area contributed by atoms with Gasteiger partial charge in [-0.1, -0.05) is 32.1 Å². The maximum atomic E-state index is 12.0. The first-order valence-electron chi connectivity index (χ1n) is 6.58. The van der Waals surface area contributed by atoms with E-state index in [4.69, 9.17) is 5.11 Å². The van der Waals surface area contributed by atoms with Gasteiger partial charge < -0.3 is 10.4 Å². The van der Waals surface area contributed by atoms with Crippen molar-refractivity contribution in [1.29, 1.82) is 0 Å². The van der Waals surface area contributed by atoms with Gasteiger partial charge in [-0.2, -0.15) is 0 Å². The largest absolute Gasteiger partial charge is 0.477 e. The van der Waals surface area contributed by atoms with E-state index >= 15 is 0 Å². The molecular formula is C14H16N4O3S. The molecule has 2 aromatic heterocycles. The normalized spacial score (nSPS) is 11.2. The molecule has 0 bridgehead atoms. The molecular weight excluding hydrogens is 304 g/mol. The van der Waals surface area contributed by atoms with Crippen molar-refractivity contribution in [2.45, 2.75) is 32.7 Å². The Morgan fingerprint density at radius 3 is 2.50 bits per heavy atom. The summed E-state index contributed by atoms with van der Waals surface area (Å²) in [4.78, 5) is 26.4. The number of carbonyl (C=O) groups excluding carboxylic acids is 1. The molecule has 0 saturated heterocycles. The zero-order chi connectivity index (χ0) is 16.3.